The minimum Gasteiger partial charge on any atom is -0.493 e. The van der Waals surface area contributed by atoms with E-state index in [1.807, 2.05) is 6.92 Å². The van der Waals surface area contributed by atoms with Gasteiger partial charge in [-0.1, -0.05) is 0 Å². The van der Waals surface area contributed by atoms with E-state index in [1.165, 1.54) is 12.1 Å². The zero-order valence-electron chi connectivity index (χ0n) is 16.3. The van der Waals surface area contributed by atoms with E-state index < -0.39 is 4.92 Å². The van der Waals surface area contributed by atoms with Crippen molar-refractivity contribution in [1.29, 1.82) is 0 Å². The molecule has 1 aliphatic rings. The fourth-order valence-electron chi connectivity index (χ4n) is 3.26. The number of carbonyl (C=O) groups is 1. The van der Waals surface area contributed by atoms with Crippen molar-refractivity contribution in [2.75, 3.05) is 44.8 Å². The quantitative estimate of drug-likeness (QED) is 0.479. The second-order valence-electron chi connectivity index (χ2n) is 6.48. The van der Waals surface area contributed by atoms with Crippen LogP contribution in [-0.2, 0) is 0 Å². The molecule has 3 rings (SSSR count). The molecule has 0 unspecified atom stereocenters. The zero-order valence-corrected chi connectivity index (χ0v) is 17.8. The van der Waals surface area contributed by atoms with Crippen molar-refractivity contribution in [2.24, 2.45) is 0 Å². The molecule has 1 saturated heterocycles. The van der Waals surface area contributed by atoms with Gasteiger partial charge in [-0.2, -0.15) is 0 Å². The molecule has 9 heteroatoms. The Labute approximate surface area is 177 Å². The van der Waals surface area contributed by atoms with E-state index in [-0.39, 0.29) is 11.6 Å². The average Bonchev–Trinajstić information content (AvgIpc) is 2.74. The van der Waals surface area contributed by atoms with Crippen molar-refractivity contribution in [3.63, 3.8) is 0 Å². The molecule has 1 fully saturated rings. The summed E-state index contributed by atoms with van der Waals surface area (Å²) in [7, 11) is 1.54. The van der Waals surface area contributed by atoms with Crippen LogP contribution in [0.5, 0.6) is 11.5 Å². The first kappa shape index (κ1) is 20.9. The standard InChI is InChI=1S/C20H22BrN3O5/c1-3-29-19-17(21)12-14(13-18(19)28-2)20(25)23-10-8-22(9-11-23)15-4-6-16(7-5-15)24(26)27/h4-7,12-13H,3,8-11H2,1-2H3. The molecule has 29 heavy (non-hydrogen) atoms. The number of ether oxygens (including phenoxy) is 2. The number of non-ortho nitro benzene ring substituents is 1. The molecule has 2 aromatic rings. The average molecular weight is 464 g/mol. The molecular formula is C20H22BrN3O5. The van der Waals surface area contributed by atoms with Crippen LogP contribution in [0.4, 0.5) is 11.4 Å². The highest BCUT2D eigenvalue weighted by Crippen LogP contribution is 2.37. The Hall–Kier alpha value is -2.81. The maximum Gasteiger partial charge on any atom is 0.269 e. The highest BCUT2D eigenvalue weighted by Gasteiger charge is 2.24. The molecule has 1 amide bonds. The second kappa shape index (κ2) is 9.13. The molecular weight excluding hydrogens is 442 g/mol. The molecule has 0 spiro atoms. The maximum absolute atomic E-state index is 13.0. The van der Waals surface area contributed by atoms with Crippen LogP contribution in [0.1, 0.15) is 17.3 Å². The van der Waals surface area contributed by atoms with Crippen molar-refractivity contribution >= 4 is 33.2 Å². The summed E-state index contributed by atoms with van der Waals surface area (Å²) in [6, 6.07) is 9.92. The van der Waals surface area contributed by atoms with E-state index in [0.717, 1.165) is 5.69 Å². The fourth-order valence-corrected chi connectivity index (χ4v) is 3.82. The summed E-state index contributed by atoms with van der Waals surface area (Å²) in [4.78, 5) is 27.3. The first-order valence-electron chi connectivity index (χ1n) is 9.23. The van der Waals surface area contributed by atoms with Gasteiger partial charge in [0.05, 0.1) is 23.1 Å². The topological polar surface area (TPSA) is 85.2 Å². The third-order valence-corrected chi connectivity index (χ3v) is 5.35. The number of nitrogens with zero attached hydrogens (tertiary/aromatic N) is 3. The molecule has 0 N–H and O–H groups in total. The molecule has 1 aliphatic heterocycles. The minimum absolute atomic E-state index is 0.0672. The number of benzene rings is 2. The van der Waals surface area contributed by atoms with E-state index >= 15 is 0 Å². The van der Waals surface area contributed by atoms with Crippen LogP contribution in [0.2, 0.25) is 0 Å². The van der Waals surface area contributed by atoms with Gasteiger partial charge in [-0.25, -0.2) is 0 Å². The highest BCUT2D eigenvalue weighted by molar-refractivity contribution is 9.10. The summed E-state index contributed by atoms with van der Waals surface area (Å²) in [6.07, 6.45) is 0. The van der Waals surface area contributed by atoms with Crippen LogP contribution in [0.3, 0.4) is 0 Å². The highest BCUT2D eigenvalue weighted by atomic mass is 79.9. The molecule has 0 aromatic heterocycles. The first-order chi connectivity index (χ1) is 13.9. The van der Waals surface area contributed by atoms with Crippen molar-refractivity contribution < 1.29 is 19.2 Å². The molecule has 2 aromatic carbocycles. The van der Waals surface area contributed by atoms with Crippen LogP contribution in [-0.4, -0.2) is 55.6 Å². The zero-order chi connectivity index (χ0) is 21.0. The summed E-state index contributed by atoms with van der Waals surface area (Å²) < 4.78 is 11.6. The molecule has 8 nitrogen and oxygen atoms in total. The number of hydrogen-bond donors (Lipinski definition) is 0. The summed E-state index contributed by atoms with van der Waals surface area (Å²) in [5, 5.41) is 10.8. The molecule has 0 aliphatic carbocycles. The Morgan fingerprint density at radius 1 is 1.17 bits per heavy atom. The maximum atomic E-state index is 13.0. The summed E-state index contributed by atoms with van der Waals surface area (Å²) in [5.41, 5.74) is 1.51. The van der Waals surface area contributed by atoms with Gasteiger partial charge >= 0.3 is 0 Å². The smallest absolute Gasteiger partial charge is 0.269 e. The lowest BCUT2D eigenvalue weighted by molar-refractivity contribution is -0.384. The van der Waals surface area contributed by atoms with E-state index in [9.17, 15) is 14.9 Å². The summed E-state index contributed by atoms with van der Waals surface area (Å²) in [6.45, 7) is 4.80. The first-order valence-corrected chi connectivity index (χ1v) is 10.0. The lowest BCUT2D eigenvalue weighted by atomic mass is 10.1. The number of carbonyl (C=O) groups excluding carboxylic acids is 1. The van der Waals surface area contributed by atoms with Crippen molar-refractivity contribution in [3.8, 4) is 11.5 Å². The normalized spacial score (nSPS) is 13.9. The summed E-state index contributed by atoms with van der Waals surface area (Å²) in [5.74, 6) is 1.01. The third-order valence-electron chi connectivity index (χ3n) is 4.76. The molecule has 0 bridgehead atoms. The number of rotatable bonds is 6. The van der Waals surface area contributed by atoms with Gasteiger partial charge in [0.15, 0.2) is 11.5 Å². The number of amides is 1. The Kier molecular flexibility index (Phi) is 6.58. The number of halogens is 1. The van der Waals surface area contributed by atoms with Crippen LogP contribution in [0.25, 0.3) is 0 Å². The Balaban J connectivity index is 1.68. The van der Waals surface area contributed by atoms with Gasteiger partial charge in [-0.05, 0) is 47.1 Å². The van der Waals surface area contributed by atoms with E-state index in [4.69, 9.17) is 9.47 Å². The third kappa shape index (κ3) is 4.61. The van der Waals surface area contributed by atoms with Gasteiger partial charge in [0, 0.05) is 49.6 Å². The van der Waals surface area contributed by atoms with E-state index in [0.29, 0.717) is 54.3 Å². The van der Waals surface area contributed by atoms with Crippen molar-refractivity contribution in [1.82, 2.24) is 4.90 Å². The monoisotopic (exact) mass is 463 g/mol. The summed E-state index contributed by atoms with van der Waals surface area (Å²) >= 11 is 3.46. The predicted molar refractivity (Wildman–Crippen MR) is 113 cm³/mol. The molecule has 0 atom stereocenters. The van der Waals surface area contributed by atoms with Crippen molar-refractivity contribution in [3.05, 3.63) is 56.5 Å². The number of nitro groups is 1. The SMILES string of the molecule is CCOc1c(Br)cc(C(=O)N2CCN(c3ccc([N+](=O)[O-])cc3)CC2)cc1OC. The Morgan fingerprint density at radius 2 is 1.83 bits per heavy atom. The van der Waals surface area contributed by atoms with Crippen LogP contribution in [0.15, 0.2) is 40.9 Å². The van der Waals surface area contributed by atoms with E-state index in [1.54, 1.807) is 36.3 Å². The minimum atomic E-state index is -0.413. The van der Waals surface area contributed by atoms with Crippen LogP contribution in [0, 0.1) is 10.1 Å². The van der Waals surface area contributed by atoms with E-state index in [2.05, 4.69) is 20.8 Å². The second-order valence-corrected chi connectivity index (χ2v) is 7.33. The van der Waals surface area contributed by atoms with Gasteiger partial charge < -0.3 is 19.3 Å². The van der Waals surface area contributed by atoms with Crippen molar-refractivity contribution in [2.45, 2.75) is 6.92 Å². The molecule has 0 radical (unpaired) electrons. The van der Waals surface area contributed by atoms with Gasteiger partial charge in [-0.15, -0.1) is 0 Å². The lowest BCUT2D eigenvalue weighted by Gasteiger charge is -2.36. The van der Waals surface area contributed by atoms with Gasteiger partial charge in [-0.3, -0.25) is 14.9 Å². The van der Waals surface area contributed by atoms with Gasteiger partial charge in [0.25, 0.3) is 11.6 Å². The van der Waals surface area contributed by atoms with Gasteiger partial charge in [0.1, 0.15) is 0 Å². The van der Waals surface area contributed by atoms with Crippen LogP contribution >= 0.6 is 15.9 Å². The predicted octanol–water partition coefficient (Wildman–Crippen LogP) is 3.73. The Bertz CT molecular complexity index is 896. The largest absolute Gasteiger partial charge is 0.493 e. The fraction of sp³-hybridized carbons (Fsp3) is 0.350. The molecule has 1 heterocycles. The molecule has 154 valence electrons. The molecule has 0 saturated carbocycles. The Morgan fingerprint density at radius 3 is 2.38 bits per heavy atom. The lowest BCUT2D eigenvalue weighted by Crippen LogP contribution is -2.48. The number of methoxy groups -OCH3 is 1. The van der Waals surface area contributed by atoms with Crippen LogP contribution < -0.4 is 14.4 Å². The number of hydrogen-bond acceptors (Lipinski definition) is 6. The number of anilines is 1. The number of piperazine rings is 1. The number of nitro benzene ring substituents is 1. The van der Waals surface area contributed by atoms with Gasteiger partial charge in [0.2, 0.25) is 0 Å².